The minimum absolute atomic E-state index is 0.0554. The van der Waals surface area contributed by atoms with Gasteiger partial charge in [0.25, 0.3) is 0 Å². The van der Waals surface area contributed by atoms with Crippen molar-refractivity contribution in [3.05, 3.63) is 59.7 Å². The summed E-state index contributed by atoms with van der Waals surface area (Å²) < 4.78 is 5.39. The van der Waals surface area contributed by atoms with E-state index in [2.05, 4.69) is 22.8 Å². The zero-order valence-electron chi connectivity index (χ0n) is 15.4. The third kappa shape index (κ3) is 4.28. The van der Waals surface area contributed by atoms with E-state index in [1.54, 1.807) is 0 Å². The lowest BCUT2D eigenvalue weighted by Crippen LogP contribution is -2.48. The molecular formula is C21H24N2O4. The van der Waals surface area contributed by atoms with Crippen LogP contribution in [0.25, 0.3) is 11.1 Å². The lowest BCUT2D eigenvalue weighted by Gasteiger charge is -2.18. The molecule has 0 saturated carbocycles. The number of rotatable bonds is 7. The number of hydrogen-bond acceptors (Lipinski definition) is 4. The van der Waals surface area contributed by atoms with Crippen LogP contribution in [0.4, 0.5) is 4.79 Å². The molecule has 1 aliphatic carbocycles. The Morgan fingerprint density at radius 1 is 1.04 bits per heavy atom. The molecule has 2 aromatic carbocycles. The number of nitrogens with one attached hydrogen (secondary N) is 2. The maximum Gasteiger partial charge on any atom is 0.407 e. The summed E-state index contributed by atoms with van der Waals surface area (Å²) >= 11 is 0. The number of aliphatic carboxylic acids is 1. The Morgan fingerprint density at radius 3 is 2.11 bits per heavy atom. The van der Waals surface area contributed by atoms with Gasteiger partial charge in [0.15, 0.2) is 0 Å². The Labute approximate surface area is 158 Å². The van der Waals surface area contributed by atoms with Crippen LogP contribution in [-0.4, -0.2) is 42.4 Å². The maximum atomic E-state index is 12.2. The summed E-state index contributed by atoms with van der Waals surface area (Å²) in [6.07, 6.45) is -0.727. The molecule has 1 unspecified atom stereocenters. The van der Waals surface area contributed by atoms with Gasteiger partial charge in [-0.25, -0.2) is 9.59 Å². The van der Waals surface area contributed by atoms with E-state index in [1.165, 1.54) is 0 Å². The second-order valence-corrected chi connectivity index (χ2v) is 6.92. The van der Waals surface area contributed by atoms with Crippen molar-refractivity contribution >= 4 is 12.1 Å². The van der Waals surface area contributed by atoms with Crippen molar-refractivity contribution in [3.8, 4) is 11.1 Å². The number of amides is 1. The largest absolute Gasteiger partial charge is 0.480 e. The summed E-state index contributed by atoms with van der Waals surface area (Å²) in [6, 6.07) is 15.2. The molecule has 6 heteroatoms. The van der Waals surface area contributed by atoms with Gasteiger partial charge in [-0.1, -0.05) is 62.4 Å². The number of carbonyl (C=O) groups is 2. The highest BCUT2D eigenvalue weighted by Gasteiger charge is 2.29. The molecule has 1 aliphatic rings. The standard InChI is InChI=1S/C21H24N2O4/c1-13(2)22-11-19(20(24)25)23-21(26)27-12-18-16-9-5-3-7-14(16)15-8-4-6-10-17(15)18/h3-10,13,18-19,22H,11-12H2,1-2H3,(H,23,26)(H,24,25). The quantitative estimate of drug-likeness (QED) is 0.699. The summed E-state index contributed by atoms with van der Waals surface area (Å²) in [6.45, 7) is 4.11. The molecule has 6 nitrogen and oxygen atoms in total. The maximum absolute atomic E-state index is 12.2. The number of hydrogen-bond donors (Lipinski definition) is 3. The second-order valence-electron chi connectivity index (χ2n) is 6.92. The van der Waals surface area contributed by atoms with Gasteiger partial charge < -0.3 is 20.5 Å². The average molecular weight is 368 g/mol. The number of carbonyl (C=O) groups excluding carboxylic acids is 1. The monoisotopic (exact) mass is 368 g/mol. The van der Waals surface area contributed by atoms with E-state index in [0.29, 0.717) is 0 Å². The molecule has 2 aromatic rings. The molecule has 0 bridgehead atoms. The molecule has 0 saturated heterocycles. The van der Waals surface area contributed by atoms with E-state index in [0.717, 1.165) is 22.3 Å². The predicted molar refractivity (Wildman–Crippen MR) is 103 cm³/mol. The summed E-state index contributed by atoms with van der Waals surface area (Å²) in [5.41, 5.74) is 4.52. The van der Waals surface area contributed by atoms with Crippen molar-refractivity contribution in [2.75, 3.05) is 13.2 Å². The molecule has 3 N–H and O–H groups in total. The Balaban J connectivity index is 1.66. The van der Waals surface area contributed by atoms with Crippen LogP contribution in [-0.2, 0) is 9.53 Å². The molecule has 142 valence electrons. The lowest BCUT2D eigenvalue weighted by molar-refractivity contribution is -0.139. The highest BCUT2D eigenvalue weighted by molar-refractivity contribution is 5.81. The molecule has 0 spiro atoms. The van der Waals surface area contributed by atoms with E-state index in [4.69, 9.17) is 4.74 Å². The molecule has 27 heavy (non-hydrogen) atoms. The fraction of sp³-hybridized carbons (Fsp3) is 0.333. The predicted octanol–water partition coefficient (Wildman–Crippen LogP) is 2.98. The summed E-state index contributed by atoms with van der Waals surface area (Å²) in [4.78, 5) is 23.5. The zero-order chi connectivity index (χ0) is 19.4. The zero-order valence-corrected chi connectivity index (χ0v) is 15.4. The van der Waals surface area contributed by atoms with Gasteiger partial charge in [0, 0.05) is 18.5 Å². The number of fused-ring (bicyclic) bond motifs is 3. The minimum Gasteiger partial charge on any atom is -0.480 e. The molecule has 0 aromatic heterocycles. The summed E-state index contributed by atoms with van der Waals surface area (Å²) in [5.74, 6) is -1.16. The first-order valence-electron chi connectivity index (χ1n) is 9.05. The minimum atomic E-state index is -1.10. The Bertz CT molecular complexity index is 789. The van der Waals surface area contributed by atoms with Crippen molar-refractivity contribution < 1.29 is 19.4 Å². The first-order chi connectivity index (χ1) is 13.0. The fourth-order valence-electron chi connectivity index (χ4n) is 3.34. The molecule has 1 atom stereocenters. The van der Waals surface area contributed by atoms with Gasteiger partial charge >= 0.3 is 12.1 Å². The summed E-state index contributed by atoms with van der Waals surface area (Å²) in [5, 5.41) is 14.7. The topological polar surface area (TPSA) is 87.7 Å². The van der Waals surface area contributed by atoms with Crippen molar-refractivity contribution in [3.63, 3.8) is 0 Å². The van der Waals surface area contributed by atoms with E-state index in [-0.39, 0.29) is 25.1 Å². The van der Waals surface area contributed by atoms with Crippen LogP contribution in [0, 0.1) is 0 Å². The summed E-state index contributed by atoms with van der Waals surface area (Å²) in [7, 11) is 0. The second kappa shape index (κ2) is 8.22. The van der Waals surface area contributed by atoms with Crippen molar-refractivity contribution in [2.24, 2.45) is 0 Å². The van der Waals surface area contributed by atoms with Crippen molar-refractivity contribution in [1.82, 2.24) is 10.6 Å². The highest BCUT2D eigenvalue weighted by atomic mass is 16.5. The molecule has 0 fully saturated rings. The number of carboxylic acid groups (broad SMARTS) is 1. The van der Waals surface area contributed by atoms with Gasteiger partial charge in [0.05, 0.1) is 0 Å². The van der Waals surface area contributed by atoms with Gasteiger partial charge in [0.2, 0.25) is 0 Å². The third-order valence-electron chi connectivity index (χ3n) is 4.66. The number of carboxylic acids is 1. The number of alkyl carbamates (subject to hydrolysis) is 1. The van der Waals surface area contributed by atoms with Crippen LogP contribution in [0.5, 0.6) is 0 Å². The lowest BCUT2D eigenvalue weighted by atomic mass is 9.98. The van der Waals surface area contributed by atoms with Crippen molar-refractivity contribution in [1.29, 1.82) is 0 Å². The smallest absolute Gasteiger partial charge is 0.407 e. The van der Waals surface area contributed by atoms with E-state index in [1.807, 2.05) is 50.2 Å². The van der Waals surface area contributed by atoms with E-state index >= 15 is 0 Å². The van der Waals surface area contributed by atoms with Crippen LogP contribution in [0.2, 0.25) is 0 Å². The molecule has 3 rings (SSSR count). The SMILES string of the molecule is CC(C)NCC(NC(=O)OCC1c2ccccc2-c2ccccc21)C(=O)O. The average Bonchev–Trinajstić information content (AvgIpc) is 2.97. The van der Waals surface area contributed by atoms with Gasteiger partial charge in [-0.2, -0.15) is 0 Å². The fourth-order valence-corrected chi connectivity index (χ4v) is 3.34. The van der Waals surface area contributed by atoms with Gasteiger partial charge in [-0.3, -0.25) is 0 Å². The highest BCUT2D eigenvalue weighted by Crippen LogP contribution is 2.44. The normalized spacial score (nSPS) is 13.7. The van der Waals surface area contributed by atoms with Crippen LogP contribution in [0.3, 0.4) is 0 Å². The van der Waals surface area contributed by atoms with Crippen LogP contribution in [0.15, 0.2) is 48.5 Å². The van der Waals surface area contributed by atoms with E-state index < -0.39 is 18.1 Å². The molecule has 0 radical (unpaired) electrons. The Morgan fingerprint density at radius 2 is 1.59 bits per heavy atom. The van der Waals surface area contributed by atoms with Crippen LogP contribution >= 0.6 is 0 Å². The third-order valence-corrected chi connectivity index (χ3v) is 4.66. The molecule has 0 heterocycles. The van der Waals surface area contributed by atoms with Gasteiger partial charge in [-0.05, 0) is 22.3 Å². The molecule has 0 aliphatic heterocycles. The number of benzene rings is 2. The van der Waals surface area contributed by atoms with Gasteiger partial charge in [0.1, 0.15) is 12.6 Å². The Hall–Kier alpha value is -2.86. The van der Waals surface area contributed by atoms with Crippen LogP contribution in [0.1, 0.15) is 30.9 Å². The van der Waals surface area contributed by atoms with Gasteiger partial charge in [-0.15, -0.1) is 0 Å². The van der Waals surface area contributed by atoms with E-state index in [9.17, 15) is 14.7 Å². The van der Waals surface area contributed by atoms with Crippen LogP contribution < -0.4 is 10.6 Å². The first kappa shape index (κ1) is 18.9. The number of ether oxygens (including phenoxy) is 1. The van der Waals surface area contributed by atoms with Crippen molar-refractivity contribution in [2.45, 2.75) is 31.8 Å². The first-order valence-corrected chi connectivity index (χ1v) is 9.05. The Kier molecular flexibility index (Phi) is 5.76. The molecule has 1 amide bonds. The molecular weight excluding hydrogens is 344 g/mol.